The Balaban J connectivity index is 2.15. The van der Waals surface area contributed by atoms with E-state index in [9.17, 15) is 5.11 Å². The first-order valence-corrected chi connectivity index (χ1v) is 5.52. The molecule has 0 amide bonds. The van der Waals surface area contributed by atoms with Gasteiger partial charge in [0.15, 0.2) is 0 Å². The summed E-state index contributed by atoms with van der Waals surface area (Å²) in [6, 6.07) is 11.9. The van der Waals surface area contributed by atoms with Gasteiger partial charge in [0.2, 0.25) is 0 Å². The van der Waals surface area contributed by atoms with Crippen LogP contribution in [0.4, 0.5) is 0 Å². The normalized spacial score (nSPS) is 23.1. The standard InChI is InChI=1S/C14H13NO/c16-14(12-6-9-15-10-7-12)8-5-11-3-1-2-4-13(11)14/h1-4,6-7,9-10,16H,5,8H2/t14-/m1/s1. The topological polar surface area (TPSA) is 33.1 Å². The summed E-state index contributed by atoms with van der Waals surface area (Å²) in [5, 5.41) is 10.8. The molecule has 0 unspecified atom stereocenters. The molecule has 0 fully saturated rings. The number of nitrogens with zero attached hydrogens (tertiary/aromatic N) is 1. The van der Waals surface area contributed by atoms with E-state index >= 15 is 0 Å². The number of pyridine rings is 1. The Morgan fingerprint density at radius 1 is 1.06 bits per heavy atom. The van der Waals surface area contributed by atoms with Crippen molar-refractivity contribution in [3.63, 3.8) is 0 Å². The minimum absolute atomic E-state index is 0.760. The molecule has 0 aliphatic heterocycles. The number of aryl methyl sites for hydroxylation is 1. The van der Waals surface area contributed by atoms with Gasteiger partial charge in [-0.15, -0.1) is 0 Å². The lowest BCUT2D eigenvalue weighted by Gasteiger charge is -2.24. The summed E-state index contributed by atoms with van der Waals surface area (Å²) in [6.07, 6.45) is 5.16. The maximum absolute atomic E-state index is 10.8. The van der Waals surface area contributed by atoms with E-state index < -0.39 is 5.60 Å². The first-order valence-electron chi connectivity index (χ1n) is 5.52. The quantitative estimate of drug-likeness (QED) is 0.785. The maximum Gasteiger partial charge on any atom is 0.115 e. The first-order chi connectivity index (χ1) is 7.81. The molecule has 0 spiro atoms. The largest absolute Gasteiger partial charge is 0.380 e. The Bertz CT molecular complexity index is 509. The number of fused-ring (bicyclic) bond motifs is 1. The van der Waals surface area contributed by atoms with E-state index in [1.54, 1.807) is 12.4 Å². The zero-order valence-corrected chi connectivity index (χ0v) is 8.93. The number of hydrogen-bond acceptors (Lipinski definition) is 2. The van der Waals surface area contributed by atoms with Crippen LogP contribution in [-0.2, 0) is 12.0 Å². The van der Waals surface area contributed by atoms with Gasteiger partial charge in [0, 0.05) is 12.4 Å². The summed E-state index contributed by atoms with van der Waals surface area (Å²) in [6.45, 7) is 0. The zero-order valence-electron chi connectivity index (χ0n) is 8.93. The number of benzene rings is 1. The van der Waals surface area contributed by atoms with Gasteiger partial charge < -0.3 is 5.11 Å². The highest BCUT2D eigenvalue weighted by atomic mass is 16.3. The molecule has 1 aromatic carbocycles. The van der Waals surface area contributed by atoms with Crippen molar-refractivity contribution in [3.8, 4) is 0 Å². The molecule has 80 valence electrons. The minimum Gasteiger partial charge on any atom is -0.380 e. The third kappa shape index (κ3) is 1.27. The highest BCUT2D eigenvalue weighted by Gasteiger charge is 2.37. The average Bonchev–Trinajstić information content (AvgIpc) is 2.71. The molecule has 2 nitrogen and oxygen atoms in total. The molecule has 3 rings (SSSR count). The molecule has 1 atom stereocenters. The van der Waals surface area contributed by atoms with Crippen LogP contribution in [0.15, 0.2) is 48.8 Å². The summed E-state index contributed by atoms with van der Waals surface area (Å²) < 4.78 is 0. The van der Waals surface area contributed by atoms with E-state index in [4.69, 9.17) is 0 Å². The second-order valence-corrected chi connectivity index (χ2v) is 4.25. The molecule has 1 aliphatic rings. The third-order valence-electron chi connectivity index (χ3n) is 3.38. The smallest absolute Gasteiger partial charge is 0.115 e. The van der Waals surface area contributed by atoms with Gasteiger partial charge in [0.05, 0.1) is 0 Å². The Labute approximate surface area is 94.6 Å². The van der Waals surface area contributed by atoms with Crippen LogP contribution in [0, 0.1) is 0 Å². The predicted molar refractivity (Wildman–Crippen MR) is 62.0 cm³/mol. The molecule has 0 bridgehead atoms. The second kappa shape index (κ2) is 3.42. The van der Waals surface area contributed by atoms with Crippen LogP contribution >= 0.6 is 0 Å². The Morgan fingerprint density at radius 2 is 1.81 bits per heavy atom. The van der Waals surface area contributed by atoms with Gasteiger partial charge in [-0.1, -0.05) is 24.3 Å². The van der Waals surface area contributed by atoms with Crippen molar-refractivity contribution in [2.45, 2.75) is 18.4 Å². The molecule has 0 saturated heterocycles. The van der Waals surface area contributed by atoms with Crippen molar-refractivity contribution < 1.29 is 5.11 Å². The van der Waals surface area contributed by atoms with Gasteiger partial charge in [0.1, 0.15) is 5.60 Å². The Kier molecular flexibility index (Phi) is 2.04. The molecule has 2 heteroatoms. The van der Waals surface area contributed by atoms with Crippen LogP contribution < -0.4 is 0 Å². The molecule has 2 aromatic rings. The van der Waals surface area contributed by atoms with Gasteiger partial charge in [-0.05, 0) is 41.7 Å². The molecule has 16 heavy (non-hydrogen) atoms. The van der Waals surface area contributed by atoms with Crippen LogP contribution in [0.25, 0.3) is 0 Å². The second-order valence-electron chi connectivity index (χ2n) is 4.25. The number of aliphatic hydroxyl groups is 1. The maximum atomic E-state index is 10.8. The SMILES string of the molecule is O[C@@]1(c2ccncc2)CCc2ccccc21. The molecular formula is C14H13NO. The predicted octanol–water partition coefficient (Wildman–Crippen LogP) is 2.26. The highest BCUT2D eigenvalue weighted by Crippen LogP contribution is 2.41. The summed E-state index contributed by atoms with van der Waals surface area (Å²) in [5.74, 6) is 0. The molecule has 1 aromatic heterocycles. The fourth-order valence-corrected chi connectivity index (χ4v) is 2.52. The van der Waals surface area contributed by atoms with E-state index in [0.717, 1.165) is 24.0 Å². The first kappa shape index (κ1) is 9.55. The Hall–Kier alpha value is -1.67. The number of rotatable bonds is 1. The highest BCUT2D eigenvalue weighted by molar-refractivity contribution is 5.44. The van der Waals surface area contributed by atoms with Gasteiger partial charge in [0.25, 0.3) is 0 Å². The third-order valence-corrected chi connectivity index (χ3v) is 3.38. The van der Waals surface area contributed by atoms with Crippen LogP contribution in [0.3, 0.4) is 0 Å². The molecule has 1 aliphatic carbocycles. The van der Waals surface area contributed by atoms with Crippen molar-refractivity contribution >= 4 is 0 Å². The number of hydrogen-bond donors (Lipinski definition) is 1. The Morgan fingerprint density at radius 3 is 2.62 bits per heavy atom. The average molecular weight is 211 g/mol. The van der Waals surface area contributed by atoms with Gasteiger partial charge >= 0.3 is 0 Å². The van der Waals surface area contributed by atoms with Crippen LogP contribution in [0.1, 0.15) is 23.1 Å². The molecular weight excluding hydrogens is 198 g/mol. The van der Waals surface area contributed by atoms with Crippen molar-refractivity contribution in [1.82, 2.24) is 4.98 Å². The van der Waals surface area contributed by atoms with Gasteiger partial charge in [-0.2, -0.15) is 0 Å². The summed E-state index contributed by atoms with van der Waals surface area (Å²) >= 11 is 0. The van der Waals surface area contributed by atoms with E-state index in [-0.39, 0.29) is 0 Å². The van der Waals surface area contributed by atoms with Crippen molar-refractivity contribution in [2.24, 2.45) is 0 Å². The molecule has 0 saturated carbocycles. The van der Waals surface area contributed by atoms with Crippen LogP contribution in [-0.4, -0.2) is 10.1 Å². The molecule has 1 heterocycles. The lowest BCUT2D eigenvalue weighted by atomic mass is 9.89. The molecule has 1 N–H and O–H groups in total. The van der Waals surface area contributed by atoms with E-state index in [1.165, 1.54) is 5.56 Å². The van der Waals surface area contributed by atoms with Crippen molar-refractivity contribution in [3.05, 3.63) is 65.5 Å². The van der Waals surface area contributed by atoms with Crippen LogP contribution in [0.2, 0.25) is 0 Å². The van der Waals surface area contributed by atoms with Gasteiger partial charge in [-0.3, -0.25) is 4.98 Å². The van der Waals surface area contributed by atoms with E-state index in [2.05, 4.69) is 11.1 Å². The monoisotopic (exact) mass is 211 g/mol. The lowest BCUT2D eigenvalue weighted by molar-refractivity contribution is 0.0828. The minimum atomic E-state index is -0.820. The lowest BCUT2D eigenvalue weighted by Crippen LogP contribution is -2.23. The summed E-state index contributed by atoms with van der Waals surface area (Å²) in [4.78, 5) is 3.99. The van der Waals surface area contributed by atoms with E-state index in [1.807, 2.05) is 30.3 Å². The van der Waals surface area contributed by atoms with Crippen molar-refractivity contribution in [1.29, 1.82) is 0 Å². The van der Waals surface area contributed by atoms with Gasteiger partial charge in [-0.25, -0.2) is 0 Å². The van der Waals surface area contributed by atoms with E-state index in [0.29, 0.717) is 0 Å². The zero-order chi connectivity index (χ0) is 11.0. The number of aromatic nitrogens is 1. The molecule has 0 radical (unpaired) electrons. The fraction of sp³-hybridized carbons (Fsp3) is 0.214. The van der Waals surface area contributed by atoms with Crippen LogP contribution in [0.5, 0.6) is 0 Å². The fourth-order valence-electron chi connectivity index (χ4n) is 2.52. The summed E-state index contributed by atoms with van der Waals surface area (Å²) in [7, 11) is 0. The van der Waals surface area contributed by atoms with Crippen molar-refractivity contribution in [2.75, 3.05) is 0 Å². The summed E-state index contributed by atoms with van der Waals surface area (Å²) in [5.41, 5.74) is 2.41.